The maximum absolute atomic E-state index is 12.3. The average molecular weight is 396 g/mol. The molecule has 3 N–H and O–H groups in total. The Balaban J connectivity index is 1.83. The topological polar surface area (TPSA) is 68.8 Å². The van der Waals surface area contributed by atoms with Crippen LogP contribution in [0.2, 0.25) is 0 Å². The fourth-order valence-corrected chi connectivity index (χ4v) is 2.87. The zero-order valence-electron chi connectivity index (χ0n) is 17.9. The van der Waals surface area contributed by atoms with E-state index < -0.39 is 0 Å². The number of guanidine groups is 1. The van der Waals surface area contributed by atoms with Crippen molar-refractivity contribution in [1.29, 1.82) is 0 Å². The molecule has 156 valence electrons. The van der Waals surface area contributed by atoms with Gasteiger partial charge in [0.05, 0.1) is 0 Å². The van der Waals surface area contributed by atoms with Gasteiger partial charge in [0.2, 0.25) is 0 Å². The molecule has 0 saturated heterocycles. The van der Waals surface area contributed by atoms with Crippen LogP contribution < -0.4 is 16.0 Å². The number of likely N-dealkylation sites (N-methyl/N-ethyl adjacent to an activating group) is 1. The van der Waals surface area contributed by atoms with Gasteiger partial charge < -0.3 is 20.9 Å². The Hall–Kier alpha value is -2.86. The molecule has 0 aromatic heterocycles. The molecule has 6 heteroatoms. The molecule has 2 aromatic rings. The van der Waals surface area contributed by atoms with Gasteiger partial charge in [0.25, 0.3) is 5.91 Å². The smallest absolute Gasteiger partial charge is 0.251 e. The van der Waals surface area contributed by atoms with Crippen LogP contribution >= 0.6 is 0 Å². The van der Waals surface area contributed by atoms with E-state index in [0.717, 1.165) is 24.6 Å². The van der Waals surface area contributed by atoms with E-state index in [1.54, 1.807) is 7.05 Å². The van der Waals surface area contributed by atoms with Crippen LogP contribution in [0.25, 0.3) is 0 Å². The summed E-state index contributed by atoms with van der Waals surface area (Å²) in [5.74, 6) is 1.07. The van der Waals surface area contributed by atoms with Gasteiger partial charge in [0, 0.05) is 38.8 Å². The fourth-order valence-electron chi connectivity index (χ4n) is 2.87. The second-order valence-electron chi connectivity index (χ2n) is 7.38. The van der Waals surface area contributed by atoms with Crippen LogP contribution in [-0.4, -0.2) is 57.5 Å². The predicted molar refractivity (Wildman–Crippen MR) is 120 cm³/mol. The number of nitrogens with one attached hydrogen (secondary N) is 3. The van der Waals surface area contributed by atoms with Gasteiger partial charge in [-0.2, -0.15) is 0 Å². The summed E-state index contributed by atoms with van der Waals surface area (Å²) >= 11 is 0. The highest BCUT2D eigenvalue weighted by Crippen LogP contribution is 2.13. The Morgan fingerprint density at radius 2 is 1.79 bits per heavy atom. The van der Waals surface area contributed by atoms with Crippen molar-refractivity contribution in [2.75, 3.05) is 40.8 Å². The molecule has 0 aliphatic carbocycles. The van der Waals surface area contributed by atoms with Crippen molar-refractivity contribution >= 4 is 11.9 Å². The predicted octanol–water partition coefficient (Wildman–Crippen LogP) is 2.45. The third kappa shape index (κ3) is 7.95. The highest BCUT2D eigenvalue weighted by atomic mass is 16.1. The molecule has 0 aliphatic rings. The molecule has 0 bridgehead atoms. The average Bonchev–Trinajstić information content (AvgIpc) is 2.74. The summed E-state index contributed by atoms with van der Waals surface area (Å²) in [6, 6.07) is 18.1. The van der Waals surface area contributed by atoms with E-state index in [4.69, 9.17) is 0 Å². The highest BCUT2D eigenvalue weighted by molar-refractivity contribution is 5.94. The Bertz CT molecular complexity index is 789. The molecule has 6 nitrogen and oxygen atoms in total. The summed E-state index contributed by atoms with van der Waals surface area (Å²) in [6.45, 7) is 5.02. The minimum absolute atomic E-state index is 0.0482. The summed E-state index contributed by atoms with van der Waals surface area (Å²) in [6.07, 6.45) is 0. The Kier molecular flexibility index (Phi) is 9.18. The lowest BCUT2D eigenvalue weighted by Crippen LogP contribution is -2.38. The molecule has 2 aromatic carbocycles. The van der Waals surface area contributed by atoms with Gasteiger partial charge >= 0.3 is 0 Å². The first-order valence-corrected chi connectivity index (χ1v) is 10.0. The monoisotopic (exact) mass is 395 g/mol. The van der Waals surface area contributed by atoms with E-state index in [-0.39, 0.29) is 5.91 Å². The molecule has 1 amide bonds. The number of carbonyl (C=O) groups is 1. The van der Waals surface area contributed by atoms with Crippen molar-refractivity contribution in [2.45, 2.75) is 19.4 Å². The first-order valence-electron chi connectivity index (χ1n) is 10.0. The van der Waals surface area contributed by atoms with Crippen LogP contribution in [0.1, 0.15) is 34.3 Å². The molecule has 0 saturated carbocycles. The minimum atomic E-state index is -0.0482. The van der Waals surface area contributed by atoms with Crippen molar-refractivity contribution in [1.82, 2.24) is 20.9 Å². The van der Waals surface area contributed by atoms with Crippen LogP contribution in [0, 0.1) is 0 Å². The van der Waals surface area contributed by atoms with Crippen LogP contribution in [0.5, 0.6) is 0 Å². The zero-order valence-corrected chi connectivity index (χ0v) is 17.9. The molecule has 0 heterocycles. The van der Waals surface area contributed by atoms with Gasteiger partial charge in [-0.1, -0.05) is 49.4 Å². The van der Waals surface area contributed by atoms with Crippen molar-refractivity contribution in [3.8, 4) is 0 Å². The van der Waals surface area contributed by atoms with Gasteiger partial charge in [0.15, 0.2) is 5.96 Å². The molecule has 29 heavy (non-hydrogen) atoms. The lowest BCUT2D eigenvalue weighted by Gasteiger charge is -2.16. The minimum Gasteiger partial charge on any atom is -0.356 e. The Morgan fingerprint density at radius 1 is 1.03 bits per heavy atom. The van der Waals surface area contributed by atoms with Gasteiger partial charge in [0.1, 0.15) is 0 Å². The fraction of sp³-hybridized carbons (Fsp3) is 0.391. The zero-order chi connectivity index (χ0) is 21.1. The van der Waals surface area contributed by atoms with E-state index in [2.05, 4.69) is 52.1 Å². The molecular formula is C23H33N5O. The number of rotatable bonds is 9. The summed E-state index contributed by atoms with van der Waals surface area (Å²) in [7, 11) is 5.73. The van der Waals surface area contributed by atoms with Crippen molar-refractivity contribution in [3.63, 3.8) is 0 Å². The largest absolute Gasteiger partial charge is 0.356 e. The quantitative estimate of drug-likeness (QED) is 0.451. The van der Waals surface area contributed by atoms with Crippen LogP contribution in [0.15, 0.2) is 59.6 Å². The van der Waals surface area contributed by atoms with Gasteiger partial charge in [-0.3, -0.25) is 9.79 Å². The SMILES string of the molecule is CN=C(NCc1cccc(C(=O)NCCN(C)C)c1)NCC(C)c1ccccc1. The molecule has 2 rings (SSSR count). The normalized spacial score (nSPS) is 12.5. The molecule has 0 radical (unpaired) electrons. The first kappa shape index (κ1) is 22.4. The van der Waals surface area contributed by atoms with Crippen molar-refractivity contribution in [3.05, 3.63) is 71.3 Å². The number of amides is 1. The molecule has 1 unspecified atom stereocenters. The number of hydrogen-bond acceptors (Lipinski definition) is 3. The maximum Gasteiger partial charge on any atom is 0.251 e. The van der Waals surface area contributed by atoms with Crippen LogP contribution in [0.4, 0.5) is 0 Å². The van der Waals surface area contributed by atoms with Crippen LogP contribution in [-0.2, 0) is 6.54 Å². The highest BCUT2D eigenvalue weighted by Gasteiger charge is 2.08. The molecule has 1 atom stereocenters. The van der Waals surface area contributed by atoms with Gasteiger partial charge in [-0.15, -0.1) is 0 Å². The van der Waals surface area contributed by atoms with E-state index >= 15 is 0 Å². The van der Waals surface area contributed by atoms with E-state index in [0.29, 0.717) is 24.6 Å². The van der Waals surface area contributed by atoms with Crippen molar-refractivity contribution < 1.29 is 4.79 Å². The number of aliphatic imine (C=N–C) groups is 1. The Labute approximate surface area is 174 Å². The number of carbonyl (C=O) groups excluding carboxylic acids is 1. The number of hydrogen-bond donors (Lipinski definition) is 3. The van der Waals surface area contributed by atoms with Gasteiger partial charge in [-0.05, 0) is 43.3 Å². The summed E-state index contributed by atoms with van der Waals surface area (Å²) in [4.78, 5) is 18.6. The van der Waals surface area contributed by atoms with E-state index in [9.17, 15) is 4.79 Å². The first-order chi connectivity index (χ1) is 14.0. The van der Waals surface area contributed by atoms with Crippen LogP contribution in [0.3, 0.4) is 0 Å². The third-order valence-corrected chi connectivity index (χ3v) is 4.66. The number of benzene rings is 2. The second-order valence-corrected chi connectivity index (χ2v) is 7.38. The van der Waals surface area contributed by atoms with E-state index in [1.165, 1.54) is 5.56 Å². The maximum atomic E-state index is 12.3. The lowest BCUT2D eigenvalue weighted by molar-refractivity contribution is 0.0951. The summed E-state index contributed by atoms with van der Waals surface area (Å²) < 4.78 is 0. The molecule has 0 spiro atoms. The molecular weight excluding hydrogens is 362 g/mol. The second kappa shape index (κ2) is 11.9. The summed E-state index contributed by atoms with van der Waals surface area (Å²) in [5, 5.41) is 9.63. The molecule has 0 aliphatic heterocycles. The van der Waals surface area contributed by atoms with Gasteiger partial charge in [-0.25, -0.2) is 0 Å². The Morgan fingerprint density at radius 3 is 2.48 bits per heavy atom. The third-order valence-electron chi connectivity index (χ3n) is 4.66. The number of nitrogens with zero attached hydrogens (tertiary/aromatic N) is 2. The molecule has 0 fully saturated rings. The summed E-state index contributed by atoms with van der Waals surface area (Å²) in [5.41, 5.74) is 3.00. The van der Waals surface area contributed by atoms with Crippen molar-refractivity contribution in [2.24, 2.45) is 4.99 Å². The lowest BCUT2D eigenvalue weighted by atomic mass is 10.0. The standard InChI is InChI=1S/C23H33N5O/c1-18(20-10-6-5-7-11-20)16-26-23(24-2)27-17-19-9-8-12-21(15-19)22(29)25-13-14-28(3)4/h5-12,15,18H,13-14,16-17H2,1-4H3,(H,25,29)(H2,24,26,27). The van der Waals surface area contributed by atoms with E-state index in [1.807, 2.05) is 49.3 Å².